The predicted molar refractivity (Wildman–Crippen MR) is 101 cm³/mol. The van der Waals surface area contributed by atoms with Crippen molar-refractivity contribution in [1.29, 1.82) is 0 Å². The zero-order valence-electron chi connectivity index (χ0n) is 15.1. The van der Waals surface area contributed by atoms with Crippen LogP contribution in [0.5, 0.6) is 5.75 Å². The zero-order chi connectivity index (χ0) is 16.6. The maximum Gasteiger partial charge on any atom is 0.368 e. The lowest BCUT2D eigenvalue weighted by Gasteiger charge is -2.35. The summed E-state index contributed by atoms with van der Waals surface area (Å²) in [5.74, 6) is 2.95. The molecule has 3 rings (SSSR count). The predicted octanol–water partition coefficient (Wildman–Crippen LogP) is 6.60. The highest BCUT2D eigenvalue weighted by Crippen LogP contribution is 2.42. The fraction of sp³-hybridized carbons (Fsp3) is 0.619. The second kappa shape index (κ2) is 9.20. The van der Waals surface area contributed by atoms with Gasteiger partial charge >= 0.3 is 6.92 Å². The van der Waals surface area contributed by atoms with E-state index in [0.29, 0.717) is 24.5 Å². The van der Waals surface area contributed by atoms with Gasteiger partial charge in [-0.2, -0.15) is 0 Å². The largest absolute Gasteiger partial charge is 0.535 e. The molecule has 0 amide bonds. The van der Waals surface area contributed by atoms with Crippen LogP contribution in [0.4, 0.5) is 0 Å². The summed E-state index contributed by atoms with van der Waals surface area (Å²) < 4.78 is 12.5. The van der Waals surface area contributed by atoms with Gasteiger partial charge in [0.2, 0.25) is 0 Å². The van der Waals surface area contributed by atoms with E-state index in [1.54, 1.807) is 0 Å². The molecule has 0 spiro atoms. The quantitative estimate of drug-likeness (QED) is 0.433. The van der Waals surface area contributed by atoms with Gasteiger partial charge in [-0.15, -0.1) is 0 Å². The Morgan fingerprint density at radius 2 is 1.42 bits per heavy atom. The van der Waals surface area contributed by atoms with Gasteiger partial charge in [0.1, 0.15) is 5.75 Å². The third-order valence-electron chi connectivity index (χ3n) is 5.68. The van der Waals surface area contributed by atoms with E-state index in [4.69, 9.17) is 9.39 Å². The lowest BCUT2D eigenvalue weighted by molar-refractivity contribution is 0.210. The van der Waals surface area contributed by atoms with Gasteiger partial charge in [0, 0.05) is 0 Å². The first-order chi connectivity index (χ1) is 11.9. The molecule has 0 heterocycles. The molecule has 24 heavy (non-hydrogen) atoms. The molecule has 130 valence electrons. The molecule has 1 aromatic rings. The Balaban J connectivity index is 1.69. The number of hydrogen-bond acceptors (Lipinski definition) is 2. The minimum absolute atomic E-state index is 0.334. The summed E-state index contributed by atoms with van der Waals surface area (Å²) in [6, 6.07) is 9.99. The van der Waals surface area contributed by atoms with E-state index in [-0.39, 0.29) is 0 Å². The highest BCUT2D eigenvalue weighted by Gasteiger charge is 2.39. The molecular weight excluding hydrogens is 295 g/mol. The second-order valence-electron chi connectivity index (χ2n) is 7.40. The van der Waals surface area contributed by atoms with E-state index < -0.39 is 0 Å². The van der Waals surface area contributed by atoms with Crippen molar-refractivity contribution in [3.8, 4) is 5.75 Å². The van der Waals surface area contributed by atoms with Crippen molar-refractivity contribution in [2.75, 3.05) is 0 Å². The smallest absolute Gasteiger partial charge is 0.368 e. The zero-order valence-corrected chi connectivity index (χ0v) is 15.1. The van der Waals surface area contributed by atoms with Gasteiger partial charge in [-0.1, -0.05) is 82.4 Å². The summed E-state index contributed by atoms with van der Waals surface area (Å²) >= 11 is 0. The van der Waals surface area contributed by atoms with Gasteiger partial charge in [-0.3, -0.25) is 0 Å². The van der Waals surface area contributed by atoms with Crippen molar-refractivity contribution in [2.45, 2.75) is 82.8 Å². The van der Waals surface area contributed by atoms with E-state index in [2.05, 4.69) is 0 Å². The molecule has 2 fully saturated rings. The van der Waals surface area contributed by atoms with Crippen LogP contribution in [0.3, 0.4) is 0 Å². The van der Waals surface area contributed by atoms with Crippen molar-refractivity contribution in [1.82, 2.24) is 0 Å². The van der Waals surface area contributed by atoms with E-state index in [9.17, 15) is 0 Å². The Morgan fingerprint density at radius 1 is 0.875 bits per heavy atom. The molecule has 2 saturated carbocycles. The van der Waals surface area contributed by atoms with Gasteiger partial charge in [0.25, 0.3) is 5.95 Å². The van der Waals surface area contributed by atoms with Crippen LogP contribution in [0.2, 0.25) is 11.6 Å². The first-order valence-corrected chi connectivity index (χ1v) is 9.92. The summed E-state index contributed by atoms with van der Waals surface area (Å²) in [6.45, 7) is 2.34. The fourth-order valence-electron chi connectivity index (χ4n) is 4.39. The van der Waals surface area contributed by atoms with E-state index in [1.165, 1.54) is 64.2 Å². The van der Waals surface area contributed by atoms with Crippen LogP contribution >= 0.6 is 0 Å². The molecule has 0 radical (unpaired) electrons. The second-order valence-corrected chi connectivity index (χ2v) is 7.40. The Labute approximate surface area is 147 Å². The van der Waals surface area contributed by atoms with Gasteiger partial charge < -0.3 is 9.39 Å². The number of allylic oxidation sites excluding steroid dienone is 1. The molecule has 0 saturated heterocycles. The molecule has 0 unspecified atom stereocenters. The average molecular weight is 326 g/mol. The molecule has 0 bridgehead atoms. The highest BCUT2D eigenvalue weighted by molar-refractivity contribution is 6.55. The van der Waals surface area contributed by atoms with Crippen LogP contribution < -0.4 is 4.74 Å². The minimum atomic E-state index is 0.334. The van der Waals surface area contributed by atoms with Gasteiger partial charge in [-0.25, -0.2) is 0 Å². The third kappa shape index (κ3) is 4.81. The number of para-hydroxylation sites is 1. The van der Waals surface area contributed by atoms with Crippen LogP contribution in [-0.4, -0.2) is 6.92 Å². The molecule has 0 N–H and O–H groups in total. The summed E-state index contributed by atoms with van der Waals surface area (Å²) in [5, 5.41) is 0. The van der Waals surface area contributed by atoms with Crippen LogP contribution in [0.1, 0.15) is 71.1 Å². The molecule has 3 heteroatoms. The standard InChI is InChI=1S/C21H31BO2/c1-2-21(23-20-16-10-5-11-17-20)24-22(18-12-6-3-7-13-18)19-14-8-4-9-15-19/h2,5,10-11,16-19H,3-4,6-9,12-15H2,1H3/b21-2-. The monoisotopic (exact) mass is 326 g/mol. The summed E-state index contributed by atoms with van der Waals surface area (Å²) in [6.07, 6.45) is 15.5. The van der Waals surface area contributed by atoms with E-state index in [0.717, 1.165) is 5.75 Å². The fourth-order valence-corrected chi connectivity index (χ4v) is 4.39. The summed E-state index contributed by atoms with van der Waals surface area (Å²) in [4.78, 5) is 0. The van der Waals surface area contributed by atoms with E-state index in [1.807, 2.05) is 43.3 Å². The van der Waals surface area contributed by atoms with Gasteiger partial charge in [0.15, 0.2) is 0 Å². The first-order valence-electron chi connectivity index (χ1n) is 9.92. The molecule has 2 nitrogen and oxygen atoms in total. The number of hydrogen-bond donors (Lipinski definition) is 0. The van der Waals surface area contributed by atoms with Crippen molar-refractivity contribution in [2.24, 2.45) is 0 Å². The minimum Gasteiger partial charge on any atom is -0.535 e. The molecule has 0 aliphatic heterocycles. The SMILES string of the molecule is C/C=C(\OB(C1CCCCC1)C1CCCCC1)Oc1ccccc1. The molecular formula is C21H31BO2. The van der Waals surface area contributed by atoms with Crippen LogP contribution in [0.15, 0.2) is 42.4 Å². The van der Waals surface area contributed by atoms with Crippen LogP contribution in [0.25, 0.3) is 0 Å². The van der Waals surface area contributed by atoms with Crippen molar-refractivity contribution in [3.63, 3.8) is 0 Å². The number of ether oxygens (including phenoxy) is 1. The molecule has 0 aromatic heterocycles. The Hall–Kier alpha value is -1.38. The first kappa shape index (κ1) is 17.4. The molecule has 0 atom stereocenters. The Morgan fingerprint density at radius 3 is 1.92 bits per heavy atom. The number of benzene rings is 1. The highest BCUT2D eigenvalue weighted by atomic mass is 16.7. The molecule has 1 aromatic carbocycles. The number of rotatable bonds is 6. The summed E-state index contributed by atoms with van der Waals surface area (Å²) in [5.41, 5.74) is 0. The normalized spacial score (nSPS) is 20.6. The van der Waals surface area contributed by atoms with Crippen molar-refractivity contribution < 1.29 is 9.39 Å². The maximum absolute atomic E-state index is 6.52. The van der Waals surface area contributed by atoms with Gasteiger partial charge in [0.05, 0.1) is 0 Å². The average Bonchev–Trinajstić information content (AvgIpc) is 2.67. The Kier molecular flexibility index (Phi) is 6.69. The Bertz CT molecular complexity index is 484. The van der Waals surface area contributed by atoms with Crippen molar-refractivity contribution >= 4 is 6.92 Å². The lowest BCUT2D eigenvalue weighted by Crippen LogP contribution is -2.34. The van der Waals surface area contributed by atoms with Crippen LogP contribution in [0, 0.1) is 0 Å². The third-order valence-corrected chi connectivity index (χ3v) is 5.68. The topological polar surface area (TPSA) is 18.5 Å². The van der Waals surface area contributed by atoms with Gasteiger partial charge in [-0.05, 0) is 36.8 Å². The van der Waals surface area contributed by atoms with Crippen LogP contribution in [-0.2, 0) is 4.65 Å². The molecule has 2 aliphatic carbocycles. The summed E-state index contributed by atoms with van der Waals surface area (Å²) in [7, 11) is 0. The van der Waals surface area contributed by atoms with E-state index >= 15 is 0 Å². The van der Waals surface area contributed by atoms with Crippen molar-refractivity contribution in [3.05, 3.63) is 42.4 Å². The lowest BCUT2D eigenvalue weighted by atomic mass is 9.42. The molecule has 2 aliphatic rings. The maximum atomic E-state index is 6.52.